The van der Waals surface area contributed by atoms with E-state index in [0.29, 0.717) is 24.6 Å². The van der Waals surface area contributed by atoms with Crippen LogP contribution in [0, 0.1) is 6.92 Å². The normalized spacial score (nSPS) is 15.7. The largest absolute Gasteiger partial charge is 0.389 e. The maximum Gasteiger partial charge on any atom is 0.312 e. The van der Waals surface area contributed by atoms with Crippen LogP contribution in [0.25, 0.3) is 0 Å². The number of carbonyl (C=O) groups excluding carboxylic acids is 2. The van der Waals surface area contributed by atoms with E-state index in [-0.39, 0.29) is 0 Å². The summed E-state index contributed by atoms with van der Waals surface area (Å²) in [5.74, 6) is -0.898. The minimum absolute atomic E-state index is 0.352. The van der Waals surface area contributed by atoms with E-state index < -0.39 is 11.8 Å². The van der Waals surface area contributed by atoms with E-state index in [1.165, 1.54) is 4.90 Å². The zero-order chi connectivity index (χ0) is 14.9. The van der Waals surface area contributed by atoms with Crippen LogP contribution in [0.2, 0.25) is 0 Å². The van der Waals surface area contributed by atoms with E-state index in [1.54, 1.807) is 11.9 Å². The third-order valence-electron chi connectivity index (χ3n) is 3.51. The van der Waals surface area contributed by atoms with Crippen LogP contribution in [0.3, 0.4) is 0 Å². The fraction of sp³-hybridized carbons (Fsp3) is 0.357. The van der Waals surface area contributed by atoms with Crippen molar-refractivity contribution < 1.29 is 9.59 Å². The van der Waals surface area contributed by atoms with Gasteiger partial charge in [-0.1, -0.05) is 24.4 Å². The Labute approximate surface area is 123 Å². The predicted octanol–water partition coefficient (Wildman–Crippen LogP) is 0.430. The van der Waals surface area contributed by atoms with E-state index in [4.69, 9.17) is 18.0 Å². The van der Waals surface area contributed by atoms with Crippen LogP contribution < -0.4 is 5.73 Å². The molecule has 1 fully saturated rings. The van der Waals surface area contributed by atoms with Crippen molar-refractivity contribution in [3.05, 3.63) is 34.9 Å². The fourth-order valence-electron chi connectivity index (χ4n) is 2.16. The van der Waals surface area contributed by atoms with Gasteiger partial charge in [-0.15, -0.1) is 0 Å². The Morgan fingerprint density at radius 2 is 2.00 bits per heavy atom. The number of nitrogens with zero attached hydrogens (tertiary/aromatic N) is 2. The van der Waals surface area contributed by atoms with Crippen LogP contribution in [-0.2, 0) is 16.1 Å². The number of aryl methyl sites for hydroxylation is 1. The summed E-state index contributed by atoms with van der Waals surface area (Å²) in [6.45, 7) is 3.49. The van der Waals surface area contributed by atoms with Gasteiger partial charge in [-0.05, 0) is 24.1 Å². The number of amides is 2. The first-order chi connectivity index (χ1) is 9.40. The standard InChI is InChI=1S/C14H17N3O2S/c1-9-7-10(12(15)20)3-4-11(9)8-17-6-5-16(2)13(18)14(17)19/h3-4,7H,5-6,8H2,1-2H3,(H2,15,20). The highest BCUT2D eigenvalue weighted by Crippen LogP contribution is 2.15. The summed E-state index contributed by atoms with van der Waals surface area (Å²) in [4.78, 5) is 26.9. The van der Waals surface area contributed by atoms with E-state index in [2.05, 4.69) is 0 Å². The van der Waals surface area contributed by atoms with Gasteiger partial charge in [-0.2, -0.15) is 0 Å². The Bertz CT molecular complexity index is 586. The molecule has 106 valence electrons. The number of nitrogens with two attached hydrogens (primary N) is 1. The minimum atomic E-state index is -0.450. The van der Waals surface area contributed by atoms with E-state index in [9.17, 15) is 9.59 Å². The zero-order valence-electron chi connectivity index (χ0n) is 11.5. The molecule has 1 saturated heterocycles. The Morgan fingerprint density at radius 1 is 1.30 bits per heavy atom. The van der Waals surface area contributed by atoms with Crippen molar-refractivity contribution in [3.63, 3.8) is 0 Å². The second-order valence-corrected chi connectivity index (χ2v) is 5.40. The van der Waals surface area contributed by atoms with Crippen molar-refractivity contribution in [2.45, 2.75) is 13.5 Å². The molecule has 0 aliphatic carbocycles. The molecule has 6 heteroatoms. The zero-order valence-corrected chi connectivity index (χ0v) is 12.4. The molecule has 0 bridgehead atoms. The monoisotopic (exact) mass is 291 g/mol. The number of piperazine rings is 1. The Balaban J connectivity index is 2.16. The molecule has 0 atom stereocenters. The van der Waals surface area contributed by atoms with E-state index in [1.807, 2.05) is 25.1 Å². The van der Waals surface area contributed by atoms with Crippen LogP contribution in [0.15, 0.2) is 18.2 Å². The predicted molar refractivity (Wildman–Crippen MR) is 80.1 cm³/mol. The lowest BCUT2D eigenvalue weighted by Gasteiger charge is -2.31. The summed E-state index contributed by atoms with van der Waals surface area (Å²) in [5.41, 5.74) is 8.40. The molecule has 0 unspecified atom stereocenters. The lowest BCUT2D eigenvalue weighted by atomic mass is 10.0. The van der Waals surface area contributed by atoms with Crippen molar-refractivity contribution in [1.29, 1.82) is 0 Å². The molecule has 0 radical (unpaired) electrons. The van der Waals surface area contributed by atoms with Gasteiger partial charge in [0, 0.05) is 32.2 Å². The van der Waals surface area contributed by atoms with Crippen LogP contribution in [0.4, 0.5) is 0 Å². The lowest BCUT2D eigenvalue weighted by Crippen LogP contribution is -2.52. The first-order valence-corrected chi connectivity index (χ1v) is 6.74. The molecule has 0 aromatic heterocycles. The number of carbonyl (C=O) groups is 2. The number of likely N-dealkylation sites (N-methyl/N-ethyl adjacent to an activating group) is 1. The molecule has 20 heavy (non-hydrogen) atoms. The summed E-state index contributed by atoms with van der Waals surface area (Å²) in [7, 11) is 1.64. The second kappa shape index (κ2) is 5.58. The first kappa shape index (κ1) is 14.5. The number of hydrogen-bond donors (Lipinski definition) is 1. The quantitative estimate of drug-likeness (QED) is 0.648. The van der Waals surface area contributed by atoms with E-state index in [0.717, 1.165) is 16.7 Å². The van der Waals surface area contributed by atoms with Crippen molar-refractivity contribution >= 4 is 29.0 Å². The molecular weight excluding hydrogens is 274 g/mol. The molecule has 1 aliphatic heterocycles. The fourth-order valence-corrected chi connectivity index (χ4v) is 2.28. The number of rotatable bonds is 3. The molecule has 2 rings (SSSR count). The molecule has 1 aromatic carbocycles. The highest BCUT2D eigenvalue weighted by Gasteiger charge is 2.30. The molecule has 2 N–H and O–H groups in total. The highest BCUT2D eigenvalue weighted by atomic mass is 32.1. The molecule has 0 saturated carbocycles. The van der Waals surface area contributed by atoms with Gasteiger partial charge >= 0.3 is 11.8 Å². The SMILES string of the molecule is Cc1cc(C(N)=S)ccc1CN1CCN(C)C(=O)C1=O. The van der Waals surface area contributed by atoms with Crippen molar-refractivity contribution in [2.75, 3.05) is 20.1 Å². The van der Waals surface area contributed by atoms with Crippen molar-refractivity contribution in [2.24, 2.45) is 5.73 Å². The van der Waals surface area contributed by atoms with Crippen LogP contribution in [0.5, 0.6) is 0 Å². The lowest BCUT2D eigenvalue weighted by molar-refractivity contribution is -0.155. The summed E-state index contributed by atoms with van der Waals surface area (Å²) >= 11 is 4.94. The maximum absolute atomic E-state index is 11.9. The number of thiocarbonyl (C=S) groups is 1. The molecule has 1 aromatic rings. The van der Waals surface area contributed by atoms with Gasteiger partial charge in [0.1, 0.15) is 4.99 Å². The van der Waals surface area contributed by atoms with Gasteiger partial charge in [0.2, 0.25) is 0 Å². The third-order valence-corrected chi connectivity index (χ3v) is 3.75. The minimum Gasteiger partial charge on any atom is -0.389 e. The molecule has 0 spiro atoms. The average Bonchev–Trinajstić information content (AvgIpc) is 2.41. The highest BCUT2D eigenvalue weighted by molar-refractivity contribution is 7.80. The smallest absolute Gasteiger partial charge is 0.312 e. The molecule has 2 amide bonds. The van der Waals surface area contributed by atoms with E-state index >= 15 is 0 Å². The molecular formula is C14H17N3O2S. The van der Waals surface area contributed by atoms with Gasteiger partial charge in [-0.25, -0.2) is 0 Å². The summed E-state index contributed by atoms with van der Waals surface area (Å²) in [6.07, 6.45) is 0. The third kappa shape index (κ3) is 2.80. The van der Waals surface area contributed by atoms with Crippen LogP contribution >= 0.6 is 12.2 Å². The summed E-state index contributed by atoms with van der Waals surface area (Å²) in [6, 6.07) is 5.65. The average molecular weight is 291 g/mol. The second-order valence-electron chi connectivity index (χ2n) is 4.96. The van der Waals surface area contributed by atoms with Crippen molar-refractivity contribution in [1.82, 2.24) is 9.80 Å². The molecule has 5 nitrogen and oxygen atoms in total. The Kier molecular flexibility index (Phi) is 4.04. The Morgan fingerprint density at radius 3 is 2.60 bits per heavy atom. The number of hydrogen-bond acceptors (Lipinski definition) is 3. The van der Waals surface area contributed by atoms with Gasteiger partial charge in [0.25, 0.3) is 0 Å². The van der Waals surface area contributed by atoms with Gasteiger partial charge in [-0.3, -0.25) is 9.59 Å². The van der Waals surface area contributed by atoms with Gasteiger partial charge in [0.05, 0.1) is 0 Å². The van der Waals surface area contributed by atoms with Crippen LogP contribution in [-0.4, -0.2) is 46.7 Å². The first-order valence-electron chi connectivity index (χ1n) is 6.34. The molecule has 1 heterocycles. The van der Waals surface area contributed by atoms with Gasteiger partial charge < -0.3 is 15.5 Å². The molecule has 1 aliphatic rings. The van der Waals surface area contributed by atoms with Crippen LogP contribution in [0.1, 0.15) is 16.7 Å². The van der Waals surface area contributed by atoms with Gasteiger partial charge in [0.15, 0.2) is 0 Å². The summed E-state index contributed by atoms with van der Waals surface area (Å²) in [5, 5.41) is 0. The van der Waals surface area contributed by atoms with Crippen molar-refractivity contribution in [3.8, 4) is 0 Å². The maximum atomic E-state index is 11.9. The number of benzene rings is 1. The Hall–Kier alpha value is -1.95. The summed E-state index contributed by atoms with van der Waals surface area (Å²) < 4.78 is 0. The topological polar surface area (TPSA) is 66.6 Å².